The number of alkyl carbamates (subject to hydrolysis) is 1. The van der Waals surface area contributed by atoms with E-state index in [1.807, 2.05) is 0 Å². The van der Waals surface area contributed by atoms with E-state index < -0.39 is 83.7 Å². The van der Waals surface area contributed by atoms with Crippen LogP contribution in [0.2, 0.25) is 0 Å². The number of hydrogen-bond donors (Lipinski definition) is 6. The fourth-order valence-corrected chi connectivity index (χ4v) is 5.24. The summed E-state index contributed by atoms with van der Waals surface area (Å²) in [5.41, 5.74) is 5.00. The van der Waals surface area contributed by atoms with Crippen molar-refractivity contribution in [2.45, 2.75) is 110 Å². The standard InChI is InChI=1S/C35H50N8O10/c1-20(29(46)38-18-27(44)41-25(16-22-17-37-19-39-22)31(48)43-14-8-9-26(43)28(36)45)40-30(47)24(42-32(49)52-34(2,3)4)15-21-10-12-23(13-11-21)51-33(50)53-35(5,6)7/h10-13,17,19-20,24-26H,8-9,14-16,18H2,1-7H3,(H2,36,45)(H,37,39)(H,38,46)(H,40,47)(H,41,44)(H,42,49)/t20-,24+,25-,26-/m0/s1. The van der Waals surface area contributed by atoms with Crippen molar-refractivity contribution in [1.82, 2.24) is 36.1 Å². The van der Waals surface area contributed by atoms with Gasteiger partial charge in [-0.15, -0.1) is 0 Å². The highest BCUT2D eigenvalue weighted by Gasteiger charge is 2.37. The zero-order chi connectivity index (χ0) is 39.5. The van der Waals surface area contributed by atoms with Gasteiger partial charge in [-0.05, 0) is 79.0 Å². The van der Waals surface area contributed by atoms with Crippen LogP contribution in [0.3, 0.4) is 0 Å². The van der Waals surface area contributed by atoms with Crippen molar-refractivity contribution in [1.29, 1.82) is 0 Å². The highest BCUT2D eigenvalue weighted by molar-refractivity contribution is 5.95. The van der Waals surface area contributed by atoms with Gasteiger partial charge in [-0.25, -0.2) is 14.6 Å². The normalized spacial score (nSPS) is 16.0. The molecule has 0 unspecified atom stereocenters. The quantitative estimate of drug-likeness (QED) is 0.118. The summed E-state index contributed by atoms with van der Waals surface area (Å²) >= 11 is 0. The Labute approximate surface area is 307 Å². The number of benzene rings is 1. The Morgan fingerprint density at radius 2 is 1.57 bits per heavy atom. The minimum atomic E-state index is -1.20. The number of carbonyl (C=O) groups is 7. The maximum Gasteiger partial charge on any atom is 0.514 e. The van der Waals surface area contributed by atoms with Crippen molar-refractivity contribution in [3.8, 4) is 5.75 Å². The molecule has 0 saturated carbocycles. The fourth-order valence-electron chi connectivity index (χ4n) is 5.24. The van der Waals surface area contributed by atoms with E-state index in [0.29, 0.717) is 30.6 Å². The third kappa shape index (κ3) is 14.1. The number of aromatic nitrogens is 2. The summed E-state index contributed by atoms with van der Waals surface area (Å²) in [6.45, 7) is 11.2. The van der Waals surface area contributed by atoms with Gasteiger partial charge in [0.2, 0.25) is 29.5 Å². The fraction of sp³-hybridized carbons (Fsp3) is 0.543. The first-order chi connectivity index (χ1) is 24.7. The van der Waals surface area contributed by atoms with Crippen LogP contribution in [-0.2, 0) is 46.3 Å². The second kappa shape index (κ2) is 18.2. The molecule has 0 spiro atoms. The molecule has 18 heteroatoms. The Kier molecular flexibility index (Phi) is 14.3. The van der Waals surface area contributed by atoms with Crippen molar-refractivity contribution in [2.24, 2.45) is 5.73 Å². The third-order valence-corrected chi connectivity index (χ3v) is 7.61. The van der Waals surface area contributed by atoms with Crippen LogP contribution in [0.25, 0.3) is 0 Å². The second-order valence-electron chi connectivity index (χ2n) is 14.6. The van der Waals surface area contributed by atoms with Crippen LogP contribution in [0, 0.1) is 0 Å². The lowest BCUT2D eigenvalue weighted by Gasteiger charge is -2.27. The van der Waals surface area contributed by atoms with Crippen LogP contribution in [0.4, 0.5) is 9.59 Å². The lowest BCUT2D eigenvalue weighted by atomic mass is 10.0. The lowest BCUT2D eigenvalue weighted by molar-refractivity contribution is -0.140. The lowest BCUT2D eigenvalue weighted by Crippen LogP contribution is -2.56. The molecule has 290 valence electrons. The van der Waals surface area contributed by atoms with Crippen LogP contribution < -0.4 is 31.7 Å². The molecule has 6 amide bonds. The number of amides is 6. The van der Waals surface area contributed by atoms with Crippen LogP contribution >= 0.6 is 0 Å². The smallest absolute Gasteiger partial charge is 0.444 e. The van der Waals surface area contributed by atoms with Crippen LogP contribution in [-0.4, -0.2) is 105 Å². The van der Waals surface area contributed by atoms with Gasteiger partial charge in [-0.2, -0.15) is 0 Å². The molecule has 18 nitrogen and oxygen atoms in total. The molecule has 1 saturated heterocycles. The van der Waals surface area contributed by atoms with Gasteiger partial charge < -0.3 is 51.1 Å². The Hall–Kier alpha value is -5.68. The number of rotatable bonds is 14. The van der Waals surface area contributed by atoms with E-state index in [4.69, 9.17) is 19.9 Å². The number of nitrogens with zero attached hydrogens (tertiary/aromatic N) is 2. The van der Waals surface area contributed by atoms with E-state index in [-0.39, 0.29) is 18.6 Å². The summed E-state index contributed by atoms with van der Waals surface area (Å²) in [5.74, 6) is -3.10. The van der Waals surface area contributed by atoms with Crippen molar-refractivity contribution < 1.29 is 47.8 Å². The second-order valence-corrected chi connectivity index (χ2v) is 14.6. The summed E-state index contributed by atoms with van der Waals surface area (Å²) in [6.07, 6.45) is 2.16. The summed E-state index contributed by atoms with van der Waals surface area (Å²) in [4.78, 5) is 97.5. The topological polar surface area (TPSA) is 253 Å². The van der Waals surface area contributed by atoms with E-state index in [1.165, 1.54) is 36.5 Å². The van der Waals surface area contributed by atoms with Crippen molar-refractivity contribution >= 4 is 41.8 Å². The molecule has 1 aliphatic rings. The molecule has 1 fully saturated rings. The molecule has 1 aromatic heterocycles. The Morgan fingerprint density at radius 3 is 2.15 bits per heavy atom. The van der Waals surface area contributed by atoms with Gasteiger partial charge in [0.1, 0.15) is 41.1 Å². The van der Waals surface area contributed by atoms with Gasteiger partial charge in [0.15, 0.2) is 0 Å². The summed E-state index contributed by atoms with van der Waals surface area (Å²) in [5, 5.41) is 10.1. The van der Waals surface area contributed by atoms with Crippen molar-refractivity contribution in [3.05, 3.63) is 48.0 Å². The van der Waals surface area contributed by atoms with Gasteiger partial charge in [-0.1, -0.05) is 12.1 Å². The molecule has 2 aromatic rings. The average Bonchev–Trinajstić information content (AvgIpc) is 3.74. The number of nitrogens with two attached hydrogens (primary N) is 1. The molecule has 0 bridgehead atoms. The van der Waals surface area contributed by atoms with Gasteiger partial charge in [0.25, 0.3) is 0 Å². The predicted octanol–water partition coefficient (Wildman–Crippen LogP) is 0.984. The number of aromatic amines is 1. The Morgan fingerprint density at radius 1 is 0.906 bits per heavy atom. The predicted molar refractivity (Wildman–Crippen MR) is 189 cm³/mol. The molecule has 1 aromatic carbocycles. The maximum atomic E-state index is 13.4. The number of imidazole rings is 1. The number of carbonyl (C=O) groups excluding carboxylic acids is 7. The van der Waals surface area contributed by atoms with E-state index in [0.717, 1.165) is 0 Å². The molecular weight excluding hydrogens is 692 g/mol. The largest absolute Gasteiger partial charge is 0.514 e. The molecule has 2 heterocycles. The first kappa shape index (κ1) is 41.7. The number of H-pyrrole nitrogens is 1. The number of hydrogen-bond acceptors (Lipinski definition) is 11. The summed E-state index contributed by atoms with van der Waals surface area (Å²) < 4.78 is 15.7. The molecule has 53 heavy (non-hydrogen) atoms. The Bertz CT molecular complexity index is 1620. The van der Waals surface area contributed by atoms with Crippen LogP contribution in [0.1, 0.15) is 72.6 Å². The van der Waals surface area contributed by atoms with Gasteiger partial charge in [-0.3, -0.25) is 24.0 Å². The van der Waals surface area contributed by atoms with Crippen molar-refractivity contribution in [2.75, 3.05) is 13.1 Å². The number of likely N-dealkylation sites (tertiary alicyclic amines) is 1. The number of primary amides is 1. The molecule has 0 aliphatic carbocycles. The first-order valence-electron chi connectivity index (χ1n) is 17.1. The monoisotopic (exact) mass is 742 g/mol. The van der Waals surface area contributed by atoms with Gasteiger partial charge in [0.05, 0.1) is 12.9 Å². The minimum Gasteiger partial charge on any atom is -0.444 e. The maximum absolute atomic E-state index is 13.4. The van der Waals surface area contributed by atoms with Gasteiger partial charge in [0, 0.05) is 31.3 Å². The summed E-state index contributed by atoms with van der Waals surface area (Å²) in [7, 11) is 0. The first-order valence-corrected chi connectivity index (χ1v) is 17.1. The zero-order valence-electron chi connectivity index (χ0n) is 31.1. The highest BCUT2D eigenvalue weighted by atomic mass is 16.7. The number of ether oxygens (including phenoxy) is 3. The van der Waals surface area contributed by atoms with E-state index in [1.54, 1.807) is 53.7 Å². The van der Waals surface area contributed by atoms with E-state index in [2.05, 4.69) is 31.2 Å². The molecular formula is C35H50N8O10. The zero-order valence-corrected chi connectivity index (χ0v) is 31.1. The van der Waals surface area contributed by atoms with E-state index >= 15 is 0 Å². The third-order valence-electron chi connectivity index (χ3n) is 7.61. The average molecular weight is 743 g/mol. The molecule has 1 aliphatic heterocycles. The SMILES string of the molecule is C[C@H](NC(=O)[C@@H](Cc1ccc(OC(=O)OC(C)(C)C)cc1)NC(=O)OC(C)(C)C)C(=O)NCC(=O)N[C@@H](Cc1cnc[nH]1)C(=O)N1CCC[C@H]1C(N)=O. The van der Waals surface area contributed by atoms with Crippen molar-refractivity contribution in [3.63, 3.8) is 0 Å². The summed E-state index contributed by atoms with van der Waals surface area (Å²) in [6, 6.07) is 1.93. The minimum absolute atomic E-state index is 0.0338. The highest BCUT2D eigenvalue weighted by Crippen LogP contribution is 2.19. The molecule has 3 rings (SSSR count). The van der Waals surface area contributed by atoms with E-state index in [9.17, 15) is 33.6 Å². The molecule has 4 atom stereocenters. The van der Waals surface area contributed by atoms with Crippen LogP contribution in [0.5, 0.6) is 5.75 Å². The molecule has 0 radical (unpaired) electrons. The van der Waals surface area contributed by atoms with Crippen LogP contribution in [0.15, 0.2) is 36.8 Å². The van der Waals surface area contributed by atoms with Gasteiger partial charge >= 0.3 is 12.2 Å². The Balaban J connectivity index is 1.63. The molecule has 7 N–H and O–H groups in total. The number of nitrogens with one attached hydrogen (secondary N) is 5.